The molecule has 1 aliphatic heterocycles. The van der Waals surface area contributed by atoms with Crippen molar-refractivity contribution in [2.45, 2.75) is 275 Å². The van der Waals surface area contributed by atoms with E-state index in [0.29, 0.717) is 12.8 Å². The van der Waals surface area contributed by atoms with Crippen LogP contribution in [-0.2, 0) is 23.8 Å². The van der Waals surface area contributed by atoms with Gasteiger partial charge in [0.15, 0.2) is 12.4 Å². The van der Waals surface area contributed by atoms with Gasteiger partial charge < -0.3 is 45.1 Å². The fourth-order valence-corrected chi connectivity index (χ4v) is 8.57. The zero-order valence-electron chi connectivity index (χ0n) is 46.7. The Labute approximate surface area is 450 Å². The van der Waals surface area contributed by atoms with Gasteiger partial charge in [0.25, 0.3) is 0 Å². The molecule has 0 bridgehead atoms. The highest BCUT2D eigenvalue weighted by Gasteiger charge is 2.47. The van der Waals surface area contributed by atoms with Gasteiger partial charge in [0.05, 0.1) is 25.4 Å². The van der Waals surface area contributed by atoms with Gasteiger partial charge in [0, 0.05) is 6.42 Å². The van der Waals surface area contributed by atoms with Crippen LogP contribution >= 0.6 is 0 Å². The van der Waals surface area contributed by atoms with Gasteiger partial charge in [0.2, 0.25) is 5.91 Å². The molecule has 0 aromatic rings. The van der Waals surface area contributed by atoms with E-state index in [1.165, 1.54) is 70.6 Å². The van der Waals surface area contributed by atoms with Gasteiger partial charge in [-0.3, -0.25) is 9.59 Å². The summed E-state index contributed by atoms with van der Waals surface area (Å²) in [7, 11) is 0. The third-order valence-electron chi connectivity index (χ3n) is 13.3. The fourth-order valence-electron chi connectivity index (χ4n) is 8.57. The summed E-state index contributed by atoms with van der Waals surface area (Å²) in [4.78, 5) is 26.5. The van der Waals surface area contributed by atoms with Crippen molar-refractivity contribution in [1.82, 2.24) is 5.32 Å². The largest absolute Gasteiger partial charge is 0.454 e. The number of unbranched alkanes of at least 4 members (excludes halogenated alkanes) is 22. The first-order valence-electron chi connectivity index (χ1n) is 29.5. The standard InChI is InChI=1S/C63H107NO10/c1-4-7-10-13-16-19-22-25-26-27-28-29-30-31-32-33-36-39-42-45-48-51-58(68)74-61-60(70)59(69)57(52-65)73-63(61)72-53-54(55(66)49-46-43-40-37-34-23-20-17-14-11-8-5-2)64-62(71)56(67)50-47-44-41-38-35-24-21-18-15-12-9-6-3/h9,12,15-16,18-19,21,24-26,28-29,31-32,46,49,54-57,59-61,63,65-67,69-70H,4-8,10-11,13-14,17,20,22-23,27,30,33-45,47-48,50-53H2,1-3H3,(H,64,71)/b12-9+,18-15+,19-16-,24-21-,26-25-,29-28-,32-31-,49-46+. The zero-order valence-corrected chi connectivity index (χ0v) is 46.7. The molecule has 8 unspecified atom stereocenters. The fraction of sp³-hybridized carbons (Fsp3) is 0.714. The summed E-state index contributed by atoms with van der Waals surface area (Å²) in [6, 6.07) is -1.04. The second-order valence-corrected chi connectivity index (χ2v) is 20.1. The van der Waals surface area contributed by atoms with Crippen LogP contribution in [0.5, 0.6) is 0 Å². The lowest BCUT2D eigenvalue weighted by molar-refractivity contribution is -0.305. The van der Waals surface area contributed by atoms with Crippen LogP contribution in [0.1, 0.15) is 226 Å². The molecule has 1 saturated heterocycles. The van der Waals surface area contributed by atoms with Crippen molar-refractivity contribution in [2.75, 3.05) is 13.2 Å². The number of amides is 1. The van der Waals surface area contributed by atoms with Crippen LogP contribution in [0.15, 0.2) is 97.2 Å². The van der Waals surface area contributed by atoms with Crippen LogP contribution in [-0.4, -0.2) is 99.6 Å². The average Bonchev–Trinajstić information content (AvgIpc) is 3.40. The highest BCUT2D eigenvalue weighted by molar-refractivity contribution is 5.80. The molecule has 1 amide bonds. The summed E-state index contributed by atoms with van der Waals surface area (Å²) in [6.07, 6.45) is 55.9. The predicted octanol–water partition coefficient (Wildman–Crippen LogP) is 13.6. The van der Waals surface area contributed by atoms with E-state index in [0.717, 1.165) is 109 Å². The Kier molecular flexibility index (Phi) is 46.7. The van der Waals surface area contributed by atoms with E-state index in [2.05, 4.69) is 86.8 Å². The number of esters is 1. The maximum Gasteiger partial charge on any atom is 0.306 e. The highest BCUT2D eigenvalue weighted by Crippen LogP contribution is 2.26. The van der Waals surface area contributed by atoms with Gasteiger partial charge in [-0.05, 0) is 89.9 Å². The molecule has 74 heavy (non-hydrogen) atoms. The maximum absolute atomic E-state index is 13.4. The Balaban J connectivity index is 2.71. The second kappa shape index (κ2) is 50.4. The minimum Gasteiger partial charge on any atom is -0.454 e. The van der Waals surface area contributed by atoms with Crippen LogP contribution in [0, 0.1) is 0 Å². The number of aliphatic hydroxyl groups excluding tert-OH is 5. The molecule has 0 aromatic carbocycles. The lowest BCUT2D eigenvalue weighted by Crippen LogP contribution is -2.61. The number of nitrogens with one attached hydrogen (secondary N) is 1. The van der Waals surface area contributed by atoms with E-state index >= 15 is 0 Å². The van der Waals surface area contributed by atoms with Crippen LogP contribution < -0.4 is 5.32 Å². The van der Waals surface area contributed by atoms with Crippen molar-refractivity contribution in [3.05, 3.63) is 97.2 Å². The zero-order chi connectivity index (χ0) is 54.0. The van der Waals surface area contributed by atoms with E-state index in [1.54, 1.807) is 6.08 Å². The van der Waals surface area contributed by atoms with E-state index in [4.69, 9.17) is 14.2 Å². The first-order valence-corrected chi connectivity index (χ1v) is 29.5. The number of hydrogen-bond donors (Lipinski definition) is 6. The Bertz CT molecular complexity index is 1570. The molecule has 1 aliphatic rings. The first-order chi connectivity index (χ1) is 36.2. The monoisotopic (exact) mass is 1040 g/mol. The van der Waals surface area contributed by atoms with Gasteiger partial charge in [-0.15, -0.1) is 0 Å². The van der Waals surface area contributed by atoms with Crippen LogP contribution in [0.25, 0.3) is 0 Å². The number of hydrogen-bond acceptors (Lipinski definition) is 10. The van der Waals surface area contributed by atoms with Crippen LogP contribution in [0.3, 0.4) is 0 Å². The van der Waals surface area contributed by atoms with Crippen molar-refractivity contribution in [3.63, 3.8) is 0 Å². The van der Waals surface area contributed by atoms with E-state index in [1.807, 2.05) is 30.4 Å². The molecule has 0 saturated carbocycles. The van der Waals surface area contributed by atoms with Gasteiger partial charge in [-0.25, -0.2) is 0 Å². The Morgan fingerprint density at radius 3 is 1.59 bits per heavy atom. The number of allylic oxidation sites excluding steroid dienone is 15. The van der Waals surface area contributed by atoms with Crippen molar-refractivity contribution >= 4 is 11.9 Å². The minimum absolute atomic E-state index is 0.0949. The Hall–Kier alpha value is -3.42. The van der Waals surface area contributed by atoms with Crippen molar-refractivity contribution < 1.29 is 49.3 Å². The maximum atomic E-state index is 13.4. The lowest BCUT2D eigenvalue weighted by atomic mass is 9.99. The predicted molar refractivity (Wildman–Crippen MR) is 305 cm³/mol. The molecule has 1 fully saturated rings. The van der Waals surface area contributed by atoms with Gasteiger partial charge >= 0.3 is 5.97 Å². The molecule has 8 atom stereocenters. The van der Waals surface area contributed by atoms with E-state index < -0.39 is 67.4 Å². The Morgan fingerprint density at radius 1 is 0.554 bits per heavy atom. The molecule has 0 aliphatic carbocycles. The van der Waals surface area contributed by atoms with Crippen molar-refractivity contribution in [3.8, 4) is 0 Å². The van der Waals surface area contributed by atoms with Gasteiger partial charge in [0.1, 0.15) is 24.4 Å². The third-order valence-corrected chi connectivity index (χ3v) is 13.3. The molecule has 1 heterocycles. The van der Waals surface area contributed by atoms with Crippen LogP contribution in [0.2, 0.25) is 0 Å². The molecule has 0 spiro atoms. The SMILES string of the molecule is CC/C=C/C=C/C=C\CCCCCCC(O)C(=O)NC(COC1OC(CO)C(O)C(O)C1OC(=O)CCCCCCC/C=C\C/C=C\C/C=C\C/C=C\CCCCC)C(O)/C=C/CCCCCCCCCCCC. The Morgan fingerprint density at radius 2 is 1.03 bits per heavy atom. The van der Waals surface area contributed by atoms with E-state index in [-0.39, 0.29) is 19.4 Å². The molecule has 6 N–H and O–H groups in total. The van der Waals surface area contributed by atoms with Crippen LogP contribution in [0.4, 0.5) is 0 Å². The molecule has 1 rings (SSSR count). The molecule has 0 radical (unpaired) electrons. The molecule has 424 valence electrons. The summed E-state index contributed by atoms with van der Waals surface area (Å²) < 4.78 is 17.6. The topological polar surface area (TPSA) is 175 Å². The quantitative estimate of drug-likeness (QED) is 0.0149. The summed E-state index contributed by atoms with van der Waals surface area (Å²) in [5.74, 6) is -1.24. The summed E-state index contributed by atoms with van der Waals surface area (Å²) >= 11 is 0. The smallest absolute Gasteiger partial charge is 0.306 e. The number of rotatable bonds is 48. The molecule has 0 aromatic heterocycles. The van der Waals surface area contributed by atoms with E-state index in [9.17, 15) is 35.1 Å². The summed E-state index contributed by atoms with van der Waals surface area (Å²) in [5, 5.41) is 56.8. The van der Waals surface area contributed by atoms with Gasteiger partial charge in [-0.2, -0.15) is 0 Å². The minimum atomic E-state index is -1.63. The number of aliphatic hydroxyl groups is 5. The summed E-state index contributed by atoms with van der Waals surface area (Å²) in [6.45, 7) is 5.58. The van der Waals surface area contributed by atoms with Crippen molar-refractivity contribution in [1.29, 1.82) is 0 Å². The van der Waals surface area contributed by atoms with Crippen molar-refractivity contribution in [2.24, 2.45) is 0 Å². The second-order valence-electron chi connectivity index (χ2n) is 20.1. The third kappa shape index (κ3) is 38.2. The molecule has 11 heteroatoms. The molecule has 11 nitrogen and oxygen atoms in total. The summed E-state index contributed by atoms with van der Waals surface area (Å²) in [5.41, 5.74) is 0. The average molecular weight is 1040 g/mol. The normalized spacial score (nSPS) is 20.0. The molecular weight excluding hydrogens is 931 g/mol. The number of carbonyl (C=O) groups excluding carboxylic acids is 2. The highest BCUT2D eigenvalue weighted by atomic mass is 16.7. The first kappa shape index (κ1) is 68.6. The number of carbonyl (C=O) groups is 2. The number of ether oxygens (including phenoxy) is 3. The molecular formula is C63H107NO10. The van der Waals surface area contributed by atoms with Gasteiger partial charge in [-0.1, -0.05) is 227 Å². The lowest BCUT2D eigenvalue weighted by Gasteiger charge is -2.41.